The summed E-state index contributed by atoms with van der Waals surface area (Å²) in [6, 6.07) is 3.37. The van der Waals surface area contributed by atoms with Crippen LogP contribution >= 0.6 is 0 Å². The van der Waals surface area contributed by atoms with Crippen molar-refractivity contribution in [1.29, 1.82) is 0 Å². The number of hydrogen-bond donors (Lipinski definition) is 2. The third-order valence-electron chi connectivity index (χ3n) is 2.93. The van der Waals surface area contributed by atoms with Crippen LogP contribution in [0.1, 0.15) is 28.0 Å². The summed E-state index contributed by atoms with van der Waals surface area (Å²) >= 11 is 0. The van der Waals surface area contributed by atoms with Crippen molar-refractivity contribution in [2.75, 3.05) is 7.11 Å². The van der Waals surface area contributed by atoms with Crippen LogP contribution < -0.4 is 0 Å². The van der Waals surface area contributed by atoms with Crippen LogP contribution in [0.3, 0.4) is 0 Å². The Bertz CT molecular complexity index is 645. The molecule has 6 nitrogen and oxygen atoms in total. The van der Waals surface area contributed by atoms with E-state index in [2.05, 4.69) is 14.9 Å². The summed E-state index contributed by atoms with van der Waals surface area (Å²) in [5, 5.41) is 16.5. The standard InChI is InChI=1S/C13H14N2O4/c1-7-5-8(13(18)19-2)6-10-12(7)9(14-15-10)3-4-11(16)17/h5-6H,3-4H2,1-2H3,(H,14,15)(H,16,17). The van der Waals surface area contributed by atoms with Crippen LogP contribution in [0.25, 0.3) is 10.9 Å². The van der Waals surface area contributed by atoms with E-state index >= 15 is 0 Å². The highest BCUT2D eigenvalue weighted by Gasteiger charge is 2.14. The van der Waals surface area contributed by atoms with E-state index in [0.717, 1.165) is 10.9 Å². The maximum absolute atomic E-state index is 11.5. The first-order valence-corrected chi connectivity index (χ1v) is 5.80. The van der Waals surface area contributed by atoms with E-state index < -0.39 is 11.9 Å². The number of methoxy groups -OCH3 is 1. The fraction of sp³-hybridized carbons (Fsp3) is 0.308. The molecular weight excluding hydrogens is 248 g/mol. The average Bonchev–Trinajstić information content (AvgIpc) is 2.79. The predicted octanol–water partition coefficient (Wildman–Crippen LogP) is 1.68. The van der Waals surface area contributed by atoms with E-state index in [4.69, 9.17) is 5.11 Å². The lowest BCUT2D eigenvalue weighted by molar-refractivity contribution is -0.136. The molecule has 0 radical (unpaired) electrons. The number of aryl methyl sites for hydroxylation is 2. The summed E-state index contributed by atoms with van der Waals surface area (Å²) in [5.74, 6) is -1.27. The van der Waals surface area contributed by atoms with E-state index in [0.29, 0.717) is 23.2 Å². The molecule has 0 fully saturated rings. The summed E-state index contributed by atoms with van der Waals surface area (Å²) in [7, 11) is 1.33. The number of esters is 1. The van der Waals surface area contributed by atoms with E-state index in [1.54, 1.807) is 12.1 Å². The minimum atomic E-state index is -0.861. The first kappa shape index (κ1) is 13.1. The molecule has 0 atom stereocenters. The summed E-state index contributed by atoms with van der Waals surface area (Å²) in [6.45, 7) is 1.86. The smallest absolute Gasteiger partial charge is 0.337 e. The minimum Gasteiger partial charge on any atom is -0.481 e. The van der Waals surface area contributed by atoms with Gasteiger partial charge < -0.3 is 9.84 Å². The molecule has 0 bridgehead atoms. The normalized spacial score (nSPS) is 10.6. The van der Waals surface area contributed by atoms with E-state index in [1.165, 1.54) is 7.11 Å². The van der Waals surface area contributed by atoms with Gasteiger partial charge in [-0.3, -0.25) is 9.89 Å². The number of carboxylic acid groups (broad SMARTS) is 1. The van der Waals surface area contributed by atoms with Crippen LogP contribution in [-0.2, 0) is 16.0 Å². The molecule has 2 aromatic rings. The van der Waals surface area contributed by atoms with Crippen LogP contribution in [0, 0.1) is 6.92 Å². The maximum atomic E-state index is 11.5. The van der Waals surface area contributed by atoms with Crippen LogP contribution in [0.5, 0.6) is 0 Å². The Kier molecular flexibility index (Phi) is 3.50. The van der Waals surface area contributed by atoms with Crippen LogP contribution in [-0.4, -0.2) is 34.4 Å². The van der Waals surface area contributed by atoms with Gasteiger partial charge >= 0.3 is 11.9 Å². The zero-order valence-corrected chi connectivity index (χ0v) is 10.7. The highest BCUT2D eigenvalue weighted by atomic mass is 16.5. The SMILES string of the molecule is COC(=O)c1cc(C)c2c(CCC(=O)O)n[nH]c2c1. The number of ether oxygens (including phenoxy) is 1. The molecule has 0 aliphatic rings. The van der Waals surface area contributed by atoms with Gasteiger partial charge in [-0.2, -0.15) is 5.10 Å². The number of nitrogens with one attached hydrogen (secondary N) is 1. The summed E-state index contributed by atoms with van der Waals surface area (Å²) in [4.78, 5) is 22.1. The molecule has 1 heterocycles. The number of aromatic amines is 1. The van der Waals surface area contributed by atoms with E-state index in [1.807, 2.05) is 6.92 Å². The molecule has 1 aromatic carbocycles. The largest absolute Gasteiger partial charge is 0.481 e. The summed E-state index contributed by atoms with van der Waals surface area (Å²) < 4.78 is 4.67. The molecule has 0 unspecified atom stereocenters. The van der Waals surface area contributed by atoms with E-state index in [9.17, 15) is 9.59 Å². The van der Waals surface area contributed by atoms with Crippen molar-refractivity contribution in [3.05, 3.63) is 29.0 Å². The molecule has 2 N–H and O–H groups in total. The van der Waals surface area contributed by atoms with Crippen molar-refractivity contribution in [3.63, 3.8) is 0 Å². The monoisotopic (exact) mass is 262 g/mol. The number of carbonyl (C=O) groups is 2. The van der Waals surface area contributed by atoms with Crippen LogP contribution in [0.15, 0.2) is 12.1 Å². The Balaban J connectivity index is 2.43. The number of nitrogens with zero attached hydrogens (tertiary/aromatic N) is 1. The van der Waals surface area contributed by atoms with Crippen molar-refractivity contribution >= 4 is 22.8 Å². The van der Waals surface area contributed by atoms with Gasteiger partial charge in [0.2, 0.25) is 0 Å². The van der Waals surface area contributed by atoms with Crippen LogP contribution in [0.4, 0.5) is 0 Å². The number of carbonyl (C=O) groups excluding carboxylic acids is 1. The highest BCUT2D eigenvalue weighted by molar-refractivity contribution is 5.96. The number of fused-ring (bicyclic) bond motifs is 1. The number of aliphatic carboxylic acids is 1. The minimum absolute atomic E-state index is 0.0259. The Labute approximate surface area is 109 Å². The molecule has 6 heteroatoms. The van der Waals surface area contributed by atoms with Gasteiger partial charge in [0.15, 0.2) is 0 Å². The Morgan fingerprint density at radius 1 is 1.42 bits per heavy atom. The molecule has 0 saturated heterocycles. The molecule has 1 aromatic heterocycles. The second-order valence-electron chi connectivity index (χ2n) is 4.27. The first-order valence-electron chi connectivity index (χ1n) is 5.80. The molecule has 19 heavy (non-hydrogen) atoms. The van der Waals surface area contributed by atoms with Crippen molar-refractivity contribution in [2.45, 2.75) is 19.8 Å². The highest BCUT2D eigenvalue weighted by Crippen LogP contribution is 2.23. The molecule has 0 spiro atoms. The van der Waals surface area contributed by atoms with Gasteiger partial charge in [0.1, 0.15) is 0 Å². The zero-order valence-electron chi connectivity index (χ0n) is 10.7. The van der Waals surface area contributed by atoms with Crippen molar-refractivity contribution < 1.29 is 19.4 Å². The number of hydrogen-bond acceptors (Lipinski definition) is 4. The first-order chi connectivity index (χ1) is 9.02. The van der Waals surface area contributed by atoms with Crippen molar-refractivity contribution in [1.82, 2.24) is 10.2 Å². The molecule has 100 valence electrons. The van der Waals surface area contributed by atoms with Gasteiger partial charge in [0.25, 0.3) is 0 Å². The van der Waals surface area contributed by atoms with Crippen LogP contribution in [0.2, 0.25) is 0 Å². The fourth-order valence-corrected chi connectivity index (χ4v) is 2.08. The second kappa shape index (κ2) is 5.09. The van der Waals surface area contributed by atoms with Gasteiger partial charge in [-0.25, -0.2) is 4.79 Å². The molecular formula is C13H14N2O4. The summed E-state index contributed by atoms with van der Waals surface area (Å²) in [6.07, 6.45) is 0.381. The van der Waals surface area contributed by atoms with Gasteiger partial charge in [0.05, 0.1) is 30.3 Å². The lowest BCUT2D eigenvalue weighted by Crippen LogP contribution is -2.02. The molecule has 0 saturated carbocycles. The molecule has 0 aliphatic carbocycles. The Morgan fingerprint density at radius 3 is 2.79 bits per heavy atom. The molecule has 2 rings (SSSR count). The molecule has 0 aliphatic heterocycles. The third-order valence-corrected chi connectivity index (χ3v) is 2.93. The van der Waals surface area contributed by atoms with Gasteiger partial charge in [-0.15, -0.1) is 0 Å². The number of rotatable bonds is 4. The fourth-order valence-electron chi connectivity index (χ4n) is 2.08. The average molecular weight is 262 g/mol. The van der Waals surface area contributed by atoms with Gasteiger partial charge in [-0.05, 0) is 24.6 Å². The second-order valence-corrected chi connectivity index (χ2v) is 4.27. The topological polar surface area (TPSA) is 92.3 Å². The number of aromatic nitrogens is 2. The van der Waals surface area contributed by atoms with Gasteiger partial charge in [-0.1, -0.05) is 0 Å². The van der Waals surface area contributed by atoms with Gasteiger partial charge in [0, 0.05) is 11.8 Å². The number of carboxylic acids is 1. The van der Waals surface area contributed by atoms with Crippen molar-refractivity contribution in [3.8, 4) is 0 Å². The summed E-state index contributed by atoms with van der Waals surface area (Å²) in [5.41, 5.74) is 2.72. The lowest BCUT2D eigenvalue weighted by atomic mass is 10.0. The maximum Gasteiger partial charge on any atom is 0.337 e. The van der Waals surface area contributed by atoms with Crippen molar-refractivity contribution in [2.24, 2.45) is 0 Å². The number of H-pyrrole nitrogens is 1. The quantitative estimate of drug-likeness (QED) is 0.818. The third kappa shape index (κ3) is 2.57. The predicted molar refractivity (Wildman–Crippen MR) is 68.1 cm³/mol. The zero-order chi connectivity index (χ0) is 14.0. The number of benzene rings is 1. The van der Waals surface area contributed by atoms with E-state index in [-0.39, 0.29) is 6.42 Å². The Hall–Kier alpha value is -2.37. The molecule has 0 amide bonds. The lowest BCUT2D eigenvalue weighted by Gasteiger charge is -2.03. The Morgan fingerprint density at radius 2 is 2.16 bits per heavy atom.